The summed E-state index contributed by atoms with van der Waals surface area (Å²) in [7, 11) is 0. The third-order valence-corrected chi connectivity index (χ3v) is 4.35. The summed E-state index contributed by atoms with van der Waals surface area (Å²) in [6.45, 7) is 2.42. The van der Waals surface area contributed by atoms with E-state index in [1.807, 2.05) is 18.2 Å². The Morgan fingerprint density at radius 3 is 2.36 bits per heavy atom. The Hall–Kier alpha value is -2.04. The van der Waals surface area contributed by atoms with Crippen LogP contribution in [-0.4, -0.2) is 24.9 Å². The quantitative estimate of drug-likeness (QED) is 0.772. The summed E-state index contributed by atoms with van der Waals surface area (Å²) in [5.41, 5.74) is 2.61. The molecule has 0 aliphatic carbocycles. The molecule has 0 saturated carbocycles. The lowest BCUT2D eigenvalue weighted by atomic mass is 10.1. The largest absolute Gasteiger partial charge is 0.354 e. The summed E-state index contributed by atoms with van der Waals surface area (Å²) in [6.07, 6.45) is 1.51. The van der Waals surface area contributed by atoms with E-state index in [2.05, 4.69) is 17.6 Å². The first-order valence-electron chi connectivity index (χ1n) is 8.07. The van der Waals surface area contributed by atoms with Gasteiger partial charge in [-0.25, -0.2) is 0 Å². The average Bonchev–Trinajstić information content (AvgIpc) is 2.61. The van der Waals surface area contributed by atoms with Gasteiger partial charge in [-0.2, -0.15) is 0 Å². The summed E-state index contributed by atoms with van der Waals surface area (Å²) >= 11 is 11.9. The molecule has 0 aromatic heterocycles. The third kappa shape index (κ3) is 6.07. The number of carbonyl (C=O) groups excluding carboxylic acids is 2. The van der Waals surface area contributed by atoms with E-state index in [-0.39, 0.29) is 18.4 Å². The van der Waals surface area contributed by atoms with E-state index in [4.69, 9.17) is 23.2 Å². The molecule has 2 aromatic carbocycles. The standard InChI is InChI=1S/C19H20Cl2N2O2/c1-2-13-3-5-15(6-4-13)19(25)23-12-18(24)22-10-9-14-7-8-16(20)11-17(14)21/h3-8,11H,2,9-10,12H2,1H3,(H,22,24)(H,23,25). The number of carbonyl (C=O) groups is 2. The molecule has 0 radical (unpaired) electrons. The molecule has 0 fully saturated rings. The molecule has 0 aliphatic heterocycles. The highest BCUT2D eigenvalue weighted by molar-refractivity contribution is 6.35. The maximum Gasteiger partial charge on any atom is 0.251 e. The van der Waals surface area contributed by atoms with Crippen LogP contribution in [0.2, 0.25) is 10.0 Å². The van der Waals surface area contributed by atoms with Gasteiger partial charge in [0.05, 0.1) is 6.54 Å². The zero-order chi connectivity index (χ0) is 18.2. The molecule has 4 nitrogen and oxygen atoms in total. The Morgan fingerprint density at radius 1 is 1.00 bits per heavy atom. The van der Waals surface area contributed by atoms with Crippen molar-refractivity contribution in [2.45, 2.75) is 19.8 Å². The Bertz CT molecular complexity index is 746. The summed E-state index contributed by atoms with van der Waals surface area (Å²) in [6, 6.07) is 12.6. The molecule has 0 aliphatic rings. The number of rotatable bonds is 7. The first-order chi connectivity index (χ1) is 12.0. The van der Waals surface area contributed by atoms with Gasteiger partial charge in [-0.15, -0.1) is 0 Å². The zero-order valence-corrected chi connectivity index (χ0v) is 15.5. The number of aryl methyl sites for hydroxylation is 1. The molecule has 6 heteroatoms. The Balaban J connectivity index is 1.73. The molecular weight excluding hydrogens is 359 g/mol. The van der Waals surface area contributed by atoms with Crippen molar-refractivity contribution in [3.8, 4) is 0 Å². The SMILES string of the molecule is CCc1ccc(C(=O)NCC(=O)NCCc2ccc(Cl)cc2Cl)cc1. The van der Waals surface area contributed by atoms with Gasteiger partial charge in [0.25, 0.3) is 5.91 Å². The van der Waals surface area contributed by atoms with Gasteiger partial charge in [0.15, 0.2) is 0 Å². The van der Waals surface area contributed by atoms with Gasteiger partial charge >= 0.3 is 0 Å². The van der Waals surface area contributed by atoms with Crippen LogP contribution in [0.4, 0.5) is 0 Å². The van der Waals surface area contributed by atoms with Crippen molar-refractivity contribution in [1.29, 1.82) is 0 Å². The lowest BCUT2D eigenvalue weighted by Gasteiger charge is -2.08. The van der Waals surface area contributed by atoms with Crippen molar-refractivity contribution in [2.75, 3.05) is 13.1 Å². The fourth-order valence-corrected chi connectivity index (χ4v) is 2.78. The molecule has 25 heavy (non-hydrogen) atoms. The van der Waals surface area contributed by atoms with Crippen molar-refractivity contribution < 1.29 is 9.59 Å². The van der Waals surface area contributed by atoms with Gasteiger partial charge in [-0.05, 0) is 48.2 Å². The Labute approximate surface area is 157 Å². The number of hydrogen-bond acceptors (Lipinski definition) is 2. The molecule has 2 rings (SSSR count). The monoisotopic (exact) mass is 378 g/mol. The van der Waals surface area contributed by atoms with Crippen molar-refractivity contribution in [3.63, 3.8) is 0 Å². The maximum atomic E-state index is 12.0. The van der Waals surface area contributed by atoms with Gasteiger partial charge in [0, 0.05) is 22.2 Å². The predicted molar refractivity (Wildman–Crippen MR) is 101 cm³/mol. The van der Waals surface area contributed by atoms with Gasteiger partial charge in [0.2, 0.25) is 5.91 Å². The summed E-state index contributed by atoms with van der Waals surface area (Å²) in [4.78, 5) is 23.8. The molecule has 0 spiro atoms. The molecular formula is C19H20Cl2N2O2. The number of halogens is 2. The Kier molecular flexibility index (Phi) is 7.29. The molecule has 2 N–H and O–H groups in total. The van der Waals surface area contributed by atoms with Crippen molar-refractivity contribution in [3.05, 3.63) is 69.2 Å². The van der Waals surface area contributed by atoms with Crippen LogP contribution in [0.15, 0.2) is 42.5 Å². The fourth-order valence-electron chi connectivity index (χ4n) is 2.28. The molecule has 0 heterocycles. The molecule has 2 amide bonds. The highest BCUT2D eigenvalue weighted by atomic mass is 35.5. The van der Waals surface area contributed by atoms with Gasteiger partial charge in [0.1, 0.15) is 0 Å². The lowest BCUT2D eigenvalue weighted by Crippen LogP contribution is -2.37. The first-order valence-corrected chi connectivity index (χ1v) is 8.83. The van der Waals surface area contributed by atoms with Gasteiger partial charge in [-0.1, -0.05) is 48.3 Å². The number of amides is 2. The van der Waals surface area contributed by atoms with Gasteiger partial charge in [-0.3, -0.25) is 9.59 Å². The highest BCUT2D eigenvalue weighted by Crippen LogP contribution is 2.20. The van der Waals surface area contributed by atoms with Crippen LogP contribution >= 0.6 is 23.2 Å². The summed E-state index contributed by atoms with van der Waals surface area (Å²) < 4.78 is 0. The van der Waals surface area contributed by atoms with Crippen LogP contribution in [0.5, 0.6) is 0 Å². The smallest absolute Gasteiger partial charge is 0.251 e. The van der Waals surface area contributed by atoms with Crippen LogP contribution in [0.25, 0.3) is 0 Å². The number of hydrogen-bond donors (Lipinski definition) is 2. The molecule has 0 unspecified atom stereocenters. The normalized spacial score (nSPS) is 10.4. The summed E-state index contributed by atoms with van der Waals surface area (Å²) in [5, 5.41) is 6.51. The van der Waals surface area contributed by atoms with E-state index in [9.17, 15) is 9.59 Å². The van der Waals surface area contributed by atoms with Crippen LogP contribution in [0.3, 0.4) is 0 Å². The average molecular weight is 379 g/mol. The fraction of sp³-hybridized carbons (Fsp3) is 0.263. The van der Waals surface area contributed by atoms with E-state index in [1.165, 1.54) is 0 Å². The van der Waals surface area contributed by atoms with E-state index >= 15 is 0 Å². The minimum Gasteiger partial charge on any atom is -0.354 e. The molecule has 0 saturated heterocycles. The van der Waals surface area contributed by atoms with E-state index in [0.29, 0.717) is 28.6 Å². The van der Waals surface area contributed by atoms with Crippen LogP contribution in [0, 0.1) is 0 Å². The number of nitrogens with one attached hydrogen (secondary N) is 2. The highest BCUT2D eigenvalue weighted by Gasteiger charge is 2.08. The third-order valence-electron chi connectivity index (χ3n) is 3.77. The second-order valence-electron chi connectivity index (χ2n) is 5.57. The minimum atomic E-state index is -0.265. The topological polar surface area (TPSA) is 58.2 Å². The zero-order valence-electron chi connectivity index (χ0n) is 13.9. The lowest BCUT2D eigenvalue weighted by molar-refractivity contribution is -0.120. The minimum absolute atomic E-state index is 0.0668. The molecule has 0 atom stereocenters. The van der Waals surface area contributed by atoms with Crippen LogP contribution < -0.4 is 10.6 Å². The van der Waals surface area contributed by atoms with E-state index in [0.717, 1.165) is 17.5 Å². The second-order valence-corrected chi connectivity index (χ2v) is 6.41. The van der Waals surface area contributed by atoms with Crippen molar-refractivity contribution in [1.82, 2.24) is 10.6 Å². The van der Waals surface area contributed by atoms with Crippen LogP contribution in [0.1, 0.15) is 28.4 Å². The van der Waals surface area contributed by atoms with Crippen molar-refractivity contribution >= 4 is 35.0 Å². The van der Waals surface area contributed by atoms with E-state index in [1.54, 1.807) is 24.3 Å². The number of benzene rings is 2. The maximum absolute atomic E-state index is 12.0. The van der Waals surface area contributed by atoms with Crippen molar-refractivity contribution in [2.24, 2.45) is 0 Å². The predicted octanol–water partition coefficient (Wildman–Crippen LogP) is 3.64. The first kappa shape index (κ1) is 19.3. The molecule has 2 aromatic rings. The molecule has 0 bridgehead atoms. The molecule has 132 valence electrons. The Morgan fingerprint density at radius 2 is 1.72 bits per heavy atom. The summed E-state index contributed by atoms with van der Waals surface area (Å²) in [5.74, 6) is -0.512. The second kappa shape index (κ2) is 9.44. The van der Waals surface area contributed by atoms with Gasteiger partial charge < -0.3 is 10.6 Å². The van der Waals surface area contributed by atoms with E-state index < -0.39 is 0 Å². The van der Waals surface area contributed by atoms with Crippen LogP contribution in [-0.2, 0) is 17.6 Å².